The number of nitrogens with one attached hydrogen (secondary N) is 1. The predicted molar refractivity (Wildman–Crippen MR) is 99.4 cm³/mol. The molecule has 2 aromatic carbocycles. The number of hydrogen-bond acceptors (Lipinski definition) is 3. The molecule has 0 fully saturated rings. The summed E-state index contributed by atoms with van der Waals surface area (Å²) in [7, 11) is 0. The first-order chi connectivity index (χ1) is 12.1. The van der Waals surface area contributed by atoms with Crippen LogP contribution in [0.3, 0.4) is 0 Å². The Morgan fingerprint density at radius 3 is 2.72 bits per heavy atom. The lowest BCUT2D eigenvalue weighted by molar-refractivity contribution is 0.102. The Bertz CT molecular complexity index is 886. The van der Waals surface area contributed by atoms with Crippen LogP contribution < -0.4 is 10.1 Å². The molecule has 0 aliphatic rings. The van der Waals surface area contributed by atoms with Crippen molar-refractivity contribution < 1.29 is 9.53 Å². The van der Waals surface area contributed by atoms with E-state index < -0.39 is 0 Å². The summed E-state index contributed by atoms with van der Waals surface area (Å²) < 4.78 is 5.80. The standard InChI is InChI=1S/C19H14Cl2N2O2/c20-14-7-8-17(21)13(10-14)12-25-18-6-2-1-5-16(18)19(24)23-15-4-3-9-22-11-15/h1-11H,12H2,(H,23,24). The lowest BCUT2D eigenvalue weighted by Crippen LogP contribution is -2.13. The lowest BCUT2D eigenvalue weighted by atomic mass is 10.2. The number of carbonyl (C=O) groups is 1. The first-order valence-corrected chi connectivity index (χ1v) is 8.26. The van der Waals surface area contributed by atoms with Gasteiger partial charge in [-0.1, -0.05) is 35.3 Å². The zero-order valence-electron chi connectivity index (χ0n) is 13.1. The van der Waals surface area contributed by atoms with Crippen LogP contribution in [0, 0.1) is 0 Å². The Kier molecular flexibility index (Phi) is 5.53. The fraction of sp³-hybridized carbons (Fsp3) is 0.0526. The normalized spacial score (nSPS) is 10.3. The zero-order valence-corrected chi connectivity index (χ0v) is 14.6. The summed E-state index contributed by atoms with van der Waals surface area (Å²) >= 11 is 12.1. The fourth-order valence-corrected chi connectivity index (χ4v) is 2.59. The molecular weight excluding hydrogens is 359 g/mol. The van der Waals surface area contributed by atoms with Crippen LogP contribution in [-0.4, -0.2) is 10.9 Å². The van der Waals surface area contributed by atoms with Gasteiger partial charge in [-0.15, -0.1) is 0 Å². The van der Waals surface area contributed by atoms with Crippen molar-refractivity contribution in [3.05, 3.63) is 88.2 Å². The maximum Gasteiger partial charge on any atom is 0.259 e. The molecule has 1 amide bonds. The number of benzene rings is 2. The molecule has 0 radical (unpaired) electrons. The van der Waals surface area contributed by atoms with Crippen molar-refractivity contribution in [2.75, 3.05) is 5.32 Å². The predicted octanol–water partition coefficient (Wildman–Crippen LogP) is 5.22. The van der Waals surface area contributed by atoms with E-state index in [0.29, 0.717) is 27.0 Å². The molecule has 1 aromatic heterocycles. The second kappa shape index (κ2) is 8.01. The summed E-state index contributed by atoms with van der Waals surface area (Å²) in [4.78, 5) is 16.5. The number of amides is 1. The van der Waals surface area contributed by atoms with E-state index in [9.17, 15) is 4.79 Å². The summed E-state index contributed by atoms with van der Waals surface area (Å²) in [6.45, 7) is 0.205. The van der Waals surface area contributed by atoms with Gasteiger partial charge in [0, 0.05) is 21.8 Å². The number of aromatic nitrogens is 1. The van der Waals surface area contributed by atoms with Crippen LogP contribution in [0.15, 0.2) is 67.0 Å². The van der Waals surface area contributed by atoms with Gasteiger partial charge in [0.15, 0.2) is 0 Å². The van der Waals surface area contributed by atoms with Gasteiger partial charge in [-0.05, 0) is 42.5 Å². The van der Waals surface area contributed by atoms with Gasteiger partial charge in [-0.25, -0.2) is 0 Å². The van der Waals surface area contributed by atoms with E-state index in [1.54, 1.807) is 67.0 Å². The Balaban J connectivity index is 1.76. The van der Waals surface area contributed by atoms with E-state index in [1.807, 2.05) is 0 Å². The number of carbonyl (C=O) groups excluding carboxylic acids is 1. The molecule has 0 saturated carbocycles. The van der Waals surface area contributed by atoms with E-state index in [2.05, 4.69) is 10.3 Å². The SMILES string of the molecule is O=C(Nc1cccnc1)c1ccccc1OCc1cc(Cl)ccc1Cl. The minimum atomic E-state index is -0.277. The van der Waals surface area contributed by atoms with Crippen LogP contribution >= 0.6 is 23.2 Å². The van der Waals surface area contributed by atoms with Crippen molar-refractivity contribution in [1.82, 2.24) is 4.98 Å². The number of hydrogen-bond donors (Lipinski definition) is 1. The molecule has 3 rings (SSSR count). The van der Waals surface area contributed by atoms with Crippen molar-refractivity contribution in [2.24, 2.45) is 0 Å². The number of nitrogens with zero attached hydrogens (tertiary/aromatic N) is 1. The zero-order chi connectivity index (χ0) is 17.6. The maximum absolute atomic E-state index is 12.5. The summed E-state index contributed by atoms with van der Waals surface area (Å²) in [6, 6.07) is 15.7. The van der Waals surface area contributed by atoms with Crippen LogP contribution in [-0.2, 0) is 6.61 Å². The molecule has 1 N–H and O–H groups in total. The van der Waals surface area contributed by atoms with Crippen molar-refractivity contribution >= 4 is 34.8 Å². The highest BCUT2D eigenvalue weighted by molar-refractivity contribution is 6.33. The van der Waals surface area contributed by atoms with E-state index in [4.69, 9.17) is 27.9 Å². The number of halogens is 2. The summed E-state index contributed by atoms with van der Waals surface area (Å²) in [5, 5.41) is 3.92. The molecule has 1 heterocycles. The maximum atomic E-state index is 12.5. The molecule has 0 atom stereocenters. The minimum absolute atomic E-state index is 0.205. The van der Waals surface area contributed by atoms with Crippen molar-refractivity contribution in [1.29, 1.82) is 0 Å². The first kappa shape index (κ1) is 17.3. The van der Waals surface area contributed by atoms with Crippen molar-refractivity contribution in [3.8, 4) is 5.75 Å². The third-order valence-electron chi connectivity index (χ3n) is 3.44. The third-order valence-corrected chi connectivity index (χ3v) is 4.05. The van der Waals surface area contributed by atoms with Crippen molar-refractivity contribution in [2.45, 2.75) is 6.61 Å². The largest absolute Gasteiger partial charge is 0.488 e. The van der Waals surface area contributed by atoms with Crippen LogP contribution in [0.5, 0.6) is 5.75 Å². The van der Waals surface area contributed by atoms with E-state index in [0.717, 1.165) is 5.56 Å². The molecule has 0 saturated heterocycles. The highest BCUT2D eigenvalue weighted by atomic mass is 35.5. The molecule has 0 bridgehead atoms. The molecule has 0 aliphatic heterocycles. The second-order valence-corrected chi connectivity index (χ2v) is 6.06. The van der Waals surface area contributed by atoms with Gasteiger partial charge in [0.25, 0.3) is 5.91 Å². The molecule has 0 unspecified atom stereocenters. The van der Waals surface area contributed by atoms with Gasteiger partial charge < -0.3 is 10.1 Å². The highest BCUT2D eigenvalue weighted by Gasteiger charge is 2.13. The van der Waals surface area contributed by atoms with Crippen LogP contribution in [0.2, 0.25) is 10.0 Å². The number of pyridine rings is 1. The summed E-state index contributed by atoms with van der Waals surface area (Å²) in [6.07, 6.45) is 3.22. The summed E-state index contributed by atoms with van der Waals surface area (Å²) in [5.74, 6) is 0.181. The van der Waals surface area contributed by atoms with Gasteiger partial charge in [0.05, 0.1) is 17.4 Å². The topological polar surface area (TPSA) is 51.2 Å². The molecule has 0 spiro atoms. The molecule has 0 aliphatic carbocycles. The smallest absolute Gasteiger partial charge is 0.259 e. The number of para-hydroxylation sites is 1. The lowest BCUT2D eigenvalue weighted by Gasteiger charge is -2.12. The molecule has 25 heavy (non-hydrogen) atoms. The Morgan fingerprint density at radius 2 is 1.92 bits per heavy atom. The summed E-state index contributed by atoms with van der Waals surface area (Å²) in [5.41, 5.74) is 1.78. The van der Waals surface area contributed by atoms with Gasteiger partial charge in [-0.2, -0.15) is 0 Å². The minimum Gasteiger partial charge on any atom is -0.488 e. The number of anilines is 1. The van der Waals surface area contributed by atoms with E-state index in [1.165, 1.54) is 0 Å². The monoisotopic (exact) mass is 372 g/mol. The molecule has 4 nitrogen and oxygen atoms in total. The first-order valence-electron chi connectivity index (χ1n) is 7.50. The van der Waals surface area contributed by atoms with E-state index >= 15 is 0 Å². The highest BCUT2D eigenvalue weighted by Crippen LogP contribution is 2.25. The quantitative estimate of drug-likeness (QED) is 0.667. The molecule has 3 aromatic rings. The van der Waals surface area contributed by atoms with Crippen LogP contribution in [0.25, 0.3) is 0 Å². The number of rotatable bonds is 5. The average molecular weight is 373 g/mol. The van der Waals surface area contributed by atoms with Gasteiger partial charge >= 0.3 is 0 Å². The van der Waals surface area contributed by atoms with Gasteiger partial charge in [-0.3, -0.25) is 9.78 Å². The average Bonchev–Trinajstić information content (AvgIpc) is 2.63. The number of ether oxygens (including phenoxy) is 1. The molecule has 126 valence electrons. The Morgan fingerprint density at radius 1 is 1.08 bits per heavy atom. The van der Waals surface area contributed by atoms with Crippen molar-refractivity contribution in [3.63, 3.8) is 0 Å². The molecular formula is C19H14Cl2N2O2. The molecule has 6 heteroatoms. The van der Waals surface area contributed by atoms with E-state index in [-0.39, 0.29) is 12.5 Å². The van der Waals surface area contributed by atoms with Crippen LogP contribution in [0.4, 0.5) is 5.69 Å². The third kappa shape index (κ3) is 4.50. The second-order valence-electron chi connectivity index (χ2n) is 5.22. The Hall–Kier alpha value is -2.56. The van der Waals surface area contributed by atoms with Crippen LogP contribution in [0.1, 0.15) is 15.9 Å². The Labute approximate surface area is 155 Å². The van der Waals surface area contributed by atoms with Gasteiger partial charge in [0.2, 0.25) is 0 Å². The van der Waals surface area contributed by atoms with Gasteiger partial charge in [0.1, 0.15) is 12.4 Å². The fourth-order valence-electron chi connectivity index (χ4n) is 2.22.